The lowest BCUT2D eigenvalue weighted by Gasteiger charge is -2.33. The van der Waals surface area contributed by atoms with Gasteiger partial charge in [0.1, 0.15) is 5.82 Å². The number of hydrogen-bond acceptors (Lipinski definition) is 3. The van der Waals surface area contributed by atoms with Crippen LogP contribution in [-0.4, -0.2) is 25.5 Å². The van der Waals surface area contributed by atoms with Gasteiger partial charge in [-0.25, -0.2) is 4.39 Å². The molecule has 0 saturated carbocycles. The van der Waals surface area contributed by atoms with Crippen LogP contribution in [-0.2, 0) is 9.53 Å². The number of fused-ring (bicyclic) bond motifs is 1. The van der Waals surface area contributed by atoms with Crippen LogP contribution < -0.4 is 4.90 Å². The fourth-order valence-corrected chi connectivity index (χ4v) is 2.91. The predicted molar refractivity (Wildman–Crippen MR) is 83.9 cm³/mol. The van der Waals surface area contributed by atoms with Crippen molar-refractivity contribution >= 4 is 17.6 Å². The van der Waals surface area contributed by atoms with Gasteiger partial charge in [0.15, 0.2) is 0 Å². The van der Waals surface area contributed by atoms with Crippen molar-refractivity contribution in [3.8, 4) is 0 Å². The van der Waals surface area contributed by atoms with Gasteiger partial charge in [-0.15, -0.1) is 0 Å². The molecule has 2 aromatic carbocycles. The fourth-order valence-electron chi connectivity index (χ4n) is 2.91. The minimum absolute atomic E-state index is 0.208. The van der Waals surface area contributed by atoms with E-state index in [0.717, 1.165) is 5.56 Å². The maximum absolute atomic E-state index is 13.0. The highest BCUT2D eigenvalue weighted by molar-refractivity contribution is 6.07. The molecule has 5 heteroatoms. The van der Waals surface area contributed by atoms with Gasteiger partial charge in [-0.1, -0.05) is 18.2 Å². The number of hydrogen-bond donors (Lipinski definition) is 0. The summed E-state index contributed by atoms with van der Waals surface area (Å²) in [4.78, 5) is 26.3. The first-order chi connectivity index (χ1) is 11.1. The highest BCUT2D eigenvalue weighted by atomic mass is 19.1. The molecule has 0 unspecified atom stereocenters. The van der Waals surface area contributed by atoms with Gasteiger partial charge >= 0.3 is 5.97 Å². The van der Waals surface area contributed by atoms with Gasteiger partial charge in [-0.05, 0) is 42.3 Å². The molecule has 0 bridgehead atoms. The molecule has 2 aromatic rings. The Morgan fingerprint density at radius 3 is 2.52 bits per heavy atom. The Labute approximate surface area is 133 Å². The molecule has 0 aromatic heterocycles. The third-order valence-corrected chi connectivity index (χ3v) is 4.07. The van der Waals surface area contributed by atoms with Crippen molar-refractivity contribution in [1.29, 1.82) is 0 Å². The number of anilines is 1. The molecule has 1 aliphatic heterocycles. The maximum Gasteiger partial charge on any atom is 0.313 e. The lowest BCUT2D eigenvalue weighted by Crippen LogP contribution is -2.38. The Hall–Kier alpha value is -2.69. The topological polar surface area (TPSA) is 46.6 Å². The van der Waals surface area contributed by atoms with Crippen LogP contribution in [0.4, 0.5) is 10.1 Å². The van der Waals surface area contributed by atoms with E-state index in [1.165, 1.54) is 31.4 Å². The number of nitrogens with zero attached hydrogens (tertiary/aromatic N) is 1. The minimum Gasteiger partial charge on any atom is -0.469 e. The van der Waals surface area contributed by atoms with Crippen molar-refractivity contribution in [2.75, 3.05) is 18.6 Å². The molecule has 0 saturated heterocycles. The smallest absolute Gasteiger partial charge is 0.313 e. The Kier molecular flexibility index (Phi) is 4.10. The van der Waals surface area contributed by atoms with E-state index < -0.39 is 0 Å². The molecule has 0 radical (unpaired) electrons. The minimum atomic E-state index is -0.383. The van der Waals surface area contributed by atoms with Crippen LogP contribution in [0, 0.1) is 5.82 Å². The number of halogens is 1. The molecule has 1 amide bonds. The predicted octanol–water partition coefficient (Wildman–Crippen LogP) is 3.13. The van der Waals surface area contributed by atoms with Gasteiger partial charge in [0, 0.05) is 17.8 Å². The van der Waals surface area contributed by atoms with Gasteiger partial charge in [0.2, 0.25) is 0 Å². The first kappa shape index (κ1) is 15.2. The van der Waals surface area contributed by atoms with Crippen molar-refractivity contribution in [1.82, 2.24) is 0 Å². The standard InChI is InChI=1S/C18H16FNO3/c1-23-18(22)15-10-11-20(16-5-3-2-4-14(15)16)17(21)12-6-8-13(19)9-7-12/h2-9,15H,10-11H2,1H3/t15-/m0/s1. The number of benzene rings is 2. The van der Waals surface area contributed by atoms with Crippen LogP contribution in [0.3, 0.4) is 0 Å². The second-order valence-electron chi connectivity index (χ2n) is 5.39. The molecule has 3 rings (SSSR count). The Morgan fingerprint density at radius 1 is 1.13 bits per heavy atom. The van der Waals surface area contributed by atoms with Crippen molar-refractivity contribution in [2.24, 2.45) is 0 Å². The van der Waals surface area contributed by atoms with Crippen molar-refractivity contribution in [3.63, 3.8) is 0 Å². The lowest BCUT2D eigenvalue weighted by atomic mass is 9.89. The SMILES string of the molecule is COC(=O)[C@H]1CCN(C(=O)c2ccc(F)cc2)c2ccccc21. The van der Waals surface area contributed by atoms with E-state index in [0.29, 0.717) is 24.2 Å². The van der Waals surface area contributed by atoms with Crippen LogP contribution in [0.5, 0.6) is 0 Å². The number of carbonyl (C=O) groups excluding carboxylic acids is 2. The van der Waals surface area contributed by atoms with Gasteiger partial charge in [-0.2, -0.15) is 0 Å². The van der Waals surface area contributed by atoms with E-state index in [-0.39, 0.29) is 23.6 Å². The molecular formula is C18H16FNO3. The molecule has 23 heavy (non-hydrogen) atoms. The largest absolute Gasteiger partial charge is 0.469 e. The molecule has 0 fully saturated rings. The second kappa shape index (κ2) is 6.20. The van der Waals surface area contributed by atoms with E-state index in [4.69, 9.17) is 4.74 Å². The van der Waals surface area contributed by atoms with Crippen LogP contribution in [0.25, 0.3) is 0 Å². The summed E-state index contributed by atoms with van der Waals surface area (Å²) < 4.78 is 17.9. The van der Waals surface area contributed by atoms with Crippen LogP contribution >= 0.6 is 0 Å². The second-order valence-corrected chi connectivity index (χ2v) is 5.39. The van der Waals surface area contributed by atoms with Gasteiger partial charge in [0.05, 0.1) is 13.0 Å². The summed E-state index contributed by atoms with van der Waals surface area (Å²) in [5.41, 5.74) is 1.89. The lowest BCUT2D eigenvalue weighted by molar-refractivity contribution is -0.142. The van der Waals surface area contributed by atoms with E-state index in [1.54, 1.807) is 4.90 Å². The maximum atomic E-state index is 13.0. The summed E-state index contributed by atoms with van der Waals surface area (Å²) >= 11 is 0. The number of carbonyl (C=O) groups is 2. The summed E-state index contributed by atoms with van der Waals surface area (Å²) in [5, 5.41) is 0. The molecule has 118 valence electrons. The van der Waals surface area contributed by atoms with E-state index in [1.807, 2.05) is 24.3 Å². The zero-order chi connectivity index (χ0) is 16.4. The number of esters is 1. The van der Waals surface area contributed by atoms with Gasteiger partial charge in [0.25, 0.3) is 5.91 Å². The van der Waals surface area contributed by atoms with Crippen LogP contribution in [0.2, 0.25) is 0 Å². The molecule has 4 nitrogen and oxygen atoms in total. The van der Waals surface area contributed by atoms with E-state index in [2.05, 4.69) is 0 Å². The zero-order valence-electron chi connectivity index (χ0n) is 12.7. The summed E-state index contributed by atoms with van der Waals surface area (Å²) in [7, 11) is 1.36. The van der Waals surface area contributed by atoms with Gasteiger partial charge < -0.3 is 9.64 Å². The third kappa shape index (κ3) is 2.82. The fraction of sp³-hybridized carbons (Fsp3) is 0.222. The highest BCUT2D eigenvalue weighted by Crippen LogP contribution is 2.36. The number of amides is 1. The summed E-state index contributed by atoms with van der Waals surface area (Å²) in [5.74, 6) is -1.26. The number of ether oxygens (including phenoxy) is 1. The van der Waals surface area contributed by atoms with Crippen LogP contribution in [0.1, 0.15) is 28.3 Å². The molecule has 1 atom stereocenters. The molecule has 0 N–H and O–H groups in total. The summed E-state index contributed by atoms with van der Waals surface area (Å²) in [6.45, 7) is 0.410. The third-order valence-electron chi connectivity index (χ3n) is 4.07. The molecule has 1 heterocycles. The average molecular weight is 313 g/mol. The average Bonchev–Trinajstić information content (AvgIpc) is 2.60. The van der Waals surface area contributed by atoms with Crippen molar-refractivity contribution in [3.05, 3.63) is 65.5 Å². The van der Waals surface area contributed by atoms with Gasteiger partial charge in [-0.3, -0.25) is 9.59 Å². The molecular weight excluding hydrogens is 297 g/mol. The molecule has 0 spiro atoms. The first-order valence-corrected chi connectivity index (χ1v) is 7.36. The number of rotatable bonds is 2. The van der Waals surface area contributed by atoms with E-state index in [9.17, 15) is 14.0 Å². The molecule has 0 aliphatic carbocycles. The normalized spacial score (nSPS) is 16.6. The Balaban J connectivity index is 1.96. The Bertz CT molecular complexity index is 742. The van der Waals surface area contributed by atoms with Crippen molar-refractivity contribution < 1.29 is 18.7 Å². The quantitative estimate of drug-likeness (QED) is 0.800. The summed E-state index contributed by atoms with van der Waals surface area (Å²) in [6.07, 6.45) is 0.497. The zero-order valence-corrected chi connectivity index (χ0v) is 12.7. The molecule has 1 aliphatic rings. The van der Waals surface area contributed by atoms with E-state index >= 15 is 0 Å². The van der Waals surface area contributed by atoms with Crippen LogP contribution in [0.15, 0.2) is 48.5 Å². The first-order valence-electron chi connectivity index (χ1n) is 7.36. The van der Waals surface area contributed by atoms with Crippen molar-refractivity contribution in [2.45, 2.75) is 12.3 Å². The summed E-state index contributed by atoms with van der Waals surface area (Å²) in [6, 6.07) is 12.8. The number of methoxy groups -OCH3 is 1. The number of para-hydroxylation sites is 1. The monoisotopic (exact) mass is 313 g/mol. The highest BCUT2D eigenvalue weighted by Gasteiger charge is 2.33. The Morgan fingerprint density at radius 2 is 1.83 bits per heavy atom.